The third-order valence-corrected chi connectivity index (χ3v) is 7.58. The van der Waals surface area contributed by atoms with E-state index in [9.17, 15) is 4.79 Å². The lowest BCUT2D eigenvalue weighted by atomic mass is 9.82. The van der Waals surface area contributed by atoms with Crippen LogP contribution in [0, 0.1) is 0 Å². The maximum atomic E-state index is 13.7. The van der Waals surface area contributed by atoms with Crippen LogP contribution in [0.3, 0.4) is 0 Å². The number of hydrogen-bond acceptors (Lipinski definition) is 5. The quantitative estimate of drug-likeness (QED) is 0.590. The van der Waals surface area contributed by atoms with Crippen LogP contribution in [0.2, 0.25) is 0 Å². The summed E-state index contributed by atoms with van der Waals surface area (Å²) in [5.41, 5.74) is -1.39. The Morgan fingerprint density at radius 3 is 1.38 bits per heavy atom. The first-order valence-electron chi connectivity index (χ1n) is 11.7. The van der Waals surface area contributed by atoms with E-state index >= 15 is 0 Å². The van der Waals surface area contributed by atoms with Gasteiger partial charge < -0.3 is 4.84 Å². The van der Waals surface area contributed by atoms with Gasteiger partial charge in [-0.25, -0.2) is 4.79 Å². The number of nitrogens with zero attached hydrogens (tertiary/aromatic N) is 2. The largest absolute Gasteiger partial charge is 0.364 e. The van der Waals surface area contributed by atoms with Gasteiger partial charge in [-0.2, -0.15) is 5.06 Å². The number of carbonyl (C=O) groups excluding carboxylic acids is 1. The smallest absolute Gasteiger partial charge is 0.359 e. The number of rotatable bonds is 4. The zero-order valence-electron chi connectivity index (χ0n) is 20.2. The predicted molar refractivity (Wildman–Crippen MR) is 116 cm³/mol. The first kappa shape index (κ1) is 23.0. The Morgan fingerprint density at radius 1 is 0.586 bits per heavy atom. The van der Waals surface area contributed by atoms with Crippen molar-refractivity contribution in [3.8, 4) is 0 Å². The van der Waals surface area contributed by atoms with Crippen molar-refractivity contribution in [1.29, 1.82) is 0 Å². The molecule has 5 heteroatoms. The highest BCUT2D eigenvalue weighted by Crippen LogP contribution is 2.45. The number of carbonyl (C=O) groups is 1. The molecule has 3 aliphatic rings. The molecule has 3 fully saturated rings. The lowest BCUT2D eigenvalue weighted by Gasteiger charge is -2.54. The summed E-state index contributed by atoms with van der Waals surface area (Å²) in [6.45, 7) is 17.7. The molecule has 2 heterocycles. The highest BCUT2D eigenvalue weighted by atomic mass is 16.8. The summed E-state index contributed by atoms with van der Waals surface area (Å²) in [6.07, 6.45) is 10.1. The van der Waals surface area contributed by atoms with Gasteiger partial charge in [-0.15, -0.1) is 5.06 Å². The topological polar surface area (TPSA) is 42.0 Å². The Morgan fingerprint density at radius 2 is 0.966 bits per heavy atom. The summed E-state index contributed by atoms with van der Waals surface area (Å²) in [6, 6.07) is 0. The van der Waals surface area contributed by atoms with Crippen LogP contribution >= 0.6 is 0 Å². The molecule has 2 aliphatic heterocycles. The van der Waals surface area contributed by atoms with E-state index < -0.39 is 5.60 Å². The molecule has 0 aromatic rings. The average molecular weight is 409 g/mol. The number of hydrogen-bond donors (Lipinski definition) is 0. The zero-order valence-corrected chi connectivity index (χ0v) is 20.2. The summed E-state index contributed by atoms with van der Waals surface area (Å²) in [5.74, 6) is -0.199. The lowest BCUT2D eigenvalue weighted by Crippen LogP contribution is -2.64. The minimum atomic E-state index is -0.866. The molecule has 3 rings (SSSR count). The zero-order chi connectivity index (χ0) is 21.7. The van der Waals surface area contributed by atoms with Gasteiger partial charge in [0.25, 0.3) is 0 Å². The molecular weight excluding hydrogens is 364 g/mol. The Hall–Kier alpha value is -0.650. The summed E-state index contributed by atoms with van der Waals surface area (Å²) in [5, 5.41) is 4.12. The SMILES string of the molecule is CC1(C)CCCC(C)(C)N1OC(=O)C1(ON2C(C)(C)CCCC2(C)C)CCCC1. The van der Waals surface area contributed by atoms with Gasteiger partial charge in [-0.05, 0) is 120 Å². The van der Waals surface area contributed by atoms with Crippen molar-refractivity contribution in [1.82, 2.24) is 10.1 Å². The second-order valence-electron chi connectivity index (χ2n) is 12.2. The first-order valence-corrected chi connectivity index (χ1v) is 11.7. The van der Waals surface area contributed by atoms with Gasteiger partial charge in [0.15, 0.2) is 5.60 Å². The lowest BCUT2D eigenvalue weighted by molar-refractivity contribution is -0.344. The fourth-order valence-electron chi connectivity index (χ4n) is 6.07. The molecule has 0 unspecified atom stereocenters. The number of piperidine rings is 2. The molecule has 0 aromatic heterocycles. The van der Waals surface area contributed by atoms with E-state index in [1.165, 1.54) is 6.42 Å². The molecule has 5 nitrogen and oxygen atoms in total. The van der Waals surface area contributed by atoms with Crippen molar-refractivity contribution >= 4 is 5.97 Å². The fraction of sp³-hybridized carbons (Fsp3) is 0.958. The van der Waals surface area contributed by atoms with Gasteiger partial charge >= 0.3 is 5.97 Å². The monoisotopic (exact) mass is 408 g/mol. The Balaban J connectivity index is 1.86. The van der Waals surface area contributed by atoms with Gasteiger partial charge in [0.05, 0.1) is 11.1 Å². The van der Waals surface area contributed by atoms with Crippen LogP contribution in [0.1, 0.15) is 120 Å². The van der Waals surface area contributed by atoms with Crippen LogP contribution < -0.4 is 0 Å². The van der Waals surface area contributed by atoms with Crippen molar-refractivity contribution in [3.63, 3.8) is 0 Å². The molecule has 1 aliphatic carbocycles. The minimum Gasteiger partial charge on any atom is -0.364 e. The number of hydroxylamine groups is 4. The van der Waals surface area contributed by atoms with Crippen molar-refractivity contribution < 1.29 is 14.5 Å². The highest BCUT2D eigenvalue weighted by molar-refractivity contribution is 5.79. The third-order valence-electron chi connectivity index (χ3n) is 7.58. The van der Waals surface area contributed by atoms with Crippen LogP contribution in [-0.2, 0) is 14.5 Å². The van der Waals surface area contributed by atoms with Crippen LogP contribution in [0.5, 0.6) is 0 Å². The van der Waals surface area contributed by atoms with Crippen molar-refractivity contribution in [2.24, 2.45) is 0 Å². The van der Waals surface area contributed by atoms with Crippen molar-refractivity contribution in [2.75, 3.05) is 0 Å². The second-order valence-corrected chi connectivity index (χ2v) is 12.2. The molecule has 0 amide bonds. The summed E-state index contributed by atoms with van der Waals surface area (Å²) >= 11 is 0. The molecule has 2 saturated heterocycles. The van der Waals surface area contributed by atoms with Crippen LogP contribution in [-0.4, -0.2) is 43.9 Å². The van der Waals surface area contributed by atoms with Crippen molar-refractivity contribution in [3.05, 3.63) is 0 Å². The Kier molecular flexibility index (Phi) is 5.95. The molecule has 0 N–H and O–H groups in total. The van der Waals surface area contributed by atoms with E-state index in [0.29, 0.717) is 0 Å². The van der Waals surface area contributed by atoms with E-state index in [1.807, 2.05) is 5.06 Å². The molecule has 168 valence electrons. The average Bonchev–Trinajstić information content (AvgIpc) is 3.04. The van der Waals surface area contributed by atoms with Gasteiger partial charge in [0, 0.05) is 11.1 Å². The molecular formula is C24H44N2O3. The Bertz CT molecular complexity index is 586. The normalized spacial score (nSPS) is 30.8. The minimum absolute atomic E-state index is 0.0959. The predicted octanol–water partition coefficient (Wildman–Crippen LogP) is 5.78. The standard InChI is InChI=1S/C24H44N2O3/c1-20(2)13-11-14-21(3,4)25(20)28-19(27)24(17-9-10-18-24)29-26-22(5,6)15-12-16-23(26,7)8/h9-18H2,1-8H3. The molecule has 0 radical (unpaired) electrons. The van der Waals surface area contributed by atoms with Gasteiger partial charge in [0.2, 0.25) is 0 Å². The summed E-state index contributed by atoms with van der Waals surface area (Å²) < 4.78 is 0. The summed E-state index contributed by atoms with van der Waals surface area (Å²) in [4.78, 5) is 26.7. The molecule has 0 bridgehead atoms. The fourth-order valence-corrected chi connectivity index (χ4v) is 6.07. The van der Waals surface area contributed by atoms with Gasteiger partial charge in [-0.3, -0.25) is 4.84 Å². The molecule has 0 aromatic carbocycles. The van der Waals surface area contributed by atoms with Crippen LogP contribution in [0.15, 0.2) is 0 Å². The maximum absolute atomic E-state index is 13.7. The van der Waals surface area contributed by atoms with Crippen LogP contribution in [0.4, 0.5) is 0 Å². The van der Waals surface area contributed by atoms with E-state index in [4.69, 9.17) is 9.68 Å². The highest BCUT2D eigenvalue weighted by Gasteiger charge is 2.54. The van der Waals surface area contributed by atoms with E-state index in [1.54, 1.807) is 0 Å². The molecule has 29 heavy (non-hydrogen) atoms. The third kappa shape index (κ3) is 4.38. The van der Waals surface area contributed by atoms with E-state index in [-0.39, 0.29) is 28.1 Å². The Labute approximate surface area is 178 Å². The maximum Gasteiger partial charge on any atom is 0.359 e. The van der Waals surface area contributed by atoms with Crippen LogP contribution in [0.25, 0.3) is 0 Å². The molecule has 0 atom stereocenters. The second kappa shape index (κ2) is 7.49. The van der Waals surface area contributed by atoms with Gasteiger partial charge in [-0.1, -0.05) is 0 Å². The van der Waals surface area contributed by atoms with E-state index in [0.717, 1.165) is 57.8 Å². The van der Waals surface area contributed by atoms with Gasteiger partial charge in [0.1, 0.15) is 0 Å². The first-order chi connectivity index (χ1) is 13.2. The van der Waals surface area contributed by atoms with Crippen molar-refractivity contribution in [2.45, 2.75) is 147 Å². The molecule has 0 spiro atoms. The van der Waals surface area contributed by atoms with E-state index in [2.05, 4.69) is 60.5 Å². The summed E-state index contributed by atoms with van der Waals surface area (Å²) in [7, 11) is 0. The molecule has 1 saturated carbocycles.